The smallest absolute Gasteiger partial charge is 0.312 e. The van der Waals surface area contributed by atoms with Crippen molar-refractivity contribution in [3.63, 3.8) is 0 Å². The molecule has 0 spiro atoms. The van der Waals surface area contributed by atoms with Crippen molar-refractivity contribution in [3.8, 4) is 0 Å². The summed E-state index contributed by atoms with van der Waals surface area (Å²) in [7, 11) is 1.62. The summed E-state index contributed by atoms with van der Waals surface area (Å²) in [5.74, 6) is 0.731. The van der Waals surface area contributed by atoms with Crippen LogP contribution in [0.2, 0.25) is 0 Å². The van der Waals surface area contributed by atoms with Gasteiger partial charge >= 0.3 is 6.03 Å². The molecule has 5 N–H and O–H groups in total. The van der Waals surface area contributed by atoms with Gasteiger partial charge in [-0.1, -0.05) is 0 Å². The minimum atomic E-state index is -0.625. The lowest BCUT2D eigenvalue weighted by Gasteiger charge is -2.07. The Bertz CT molecular complexity index is 450. The molecule has 0 aliphatic rings. The SMILES string of the molecule is CNc1cc([N+](=O)[O-])cc(NCCNC(N)=O)n1. The normalized spacial score (nSPS) is 9.61. The van der Waals surface area contributed by atoms with Crippen molar-refractivity contribution >= 4 is 23.4 Å². The molecule has 0 aliphatic heterocycles. The van der Waals surface area contributed by atoms with E-state index in [-0.39, 0.29) is 5.69 Å². The van der Waals surface area contributed by atoms with Crippen LogP contribution in [0.3, 0.4) is 0 Å². The van der Waals surface area contributed by atoms with Gasteiger partial charge in [-0.25, -0.2) is 9.78 Å². The van der Waals surface area contributed by atoms with Crippen molar-refractivity contribution in [2.24, 2.45) is 5.73 Å². The predicted molar refractivity (Wildman–Crippen MR) is 66.5 cm³/mol. The first-order chi connectivity index (χ1) is 8.52. The molecular formula is C9H14N6O3. The molecule has 0 saturated heterocycles. The fourth-order valence-corrected chi connectivity index (χ4v) is 1.22. The number of anilines is 2. The van der Waals surface area contributed by atoms with Crippen LogP contribution in [0, 0.1) is 10.1 Å². The van der Waals surface area contributed by atoms with Crippen molar-refractivity contribution < 1.29 is 9.72 Å². The van der Waals surface area contributed by atoms with E-state index in [0.29, 0.717) is 24.7 Å². The first-order valence-electron chi connectivity index (χ1n) is 5.14. The molecule has 1 aromatic rings. The van der Waals surface area contributed by atoms with Crippen molar-refractivity contribution in [2.75, 3.05) is 30.8 Å². The number of nitro groups is 1. The molecule has 0 atom stereocenters. The molecule has 9 nitrogen and oxygen atoms in total. The maximum Gasteiger partial charge on any atom is 0.312 e. The van der Waals surface area contributed by atoms with Crippen LogP contribution < -0.4 is 21.7 Å². The molecule has 1 rings (SSSR count). The van der Waals surface area contributed by atoms with E-state index in [4.69, 9.17) is 5.73 Å². The lowest BCUT2D eigenvalue weighted by Crippen LogP contribution is -2.33. The Labute approximate surface area is 103 Å². The van der Waals surface area contributed by atoms with Crippen molar-refractivity contribution in [3.05, 3.63) is 22.2 Å². The number of hydrogen-bond acceptors (Lipinski definition) is 6. The molecule has 0 aliphatic carbocycles. The second-order valence-electron chi connectivity index (χ2n) is 3.32. The maximum atomic E-state index is 10.7. The number of urea groups is 1. The van der Waals surface area contributed by atoms with E-state index in [1.54, 1.807) is 7.05 Å². The highest BCUT2D eigenvalue weighted by atomic mass is 16.6. The molecule has 98 valence electrons. The quantitative estimate of drug-likeness (QED) is 0.323. The van der Waals surface area contributed by atoms with Crippen molar-refractivity contribution in [1.82, 2.24) is 10.3 Å². The number of nitrogens with two attached hydrogens (primary N) is 1. The van der Waals surface area contributed by atoms with Gasteiger partial charge in [-0.05, 0) is 0 Å². The molecule has 0 saturated carbocycles. The van der Waals surface area contributed by atoms with Gasteiger partial charge in [0.1, 0.15) is 11.6 Å². The van der Waals surface area contributed by atoms with Gasteiger partial charge in [-0.2, -0.15) is 0 Å². The number of carbonyl (C=O) groups excluding carboxylic acids is 1. The maximum absolute atomic E-state index is 10.7. The fourth-order valence-electron chi connectivity index (χ4n) is 1.22. The number of primary amides is 1. The average Bonchev–Trinajstić information content (AvgIpc) is 2.34. The number of nitrogens with zero attached hydrogens (tertiary/aromatic N) is 2. The molecule has 0 unspecified atom stereocenters. The van der Waals surface area contributed by atoms with E-state index < -0.39 is 11.0 Å². The number of hydrogen-bond donors (Lipinski definition) is 4. The number of rotatable bonds is 6. The summed E-state index contributed by atoms with van der Waals surface area (Å²) in [6, 6.07) is 2.01. The Morgan fingerprint density at radius 1 is 1.44 bits per heavy atom. The van der Waals surface area contributed by atoms with Crippen LogP contribution >= 0.6 is 0 Å². The lowest BCUT2D eigenvalue weighted by atomic mass is 10.3. The zero-order valence-electron chi connectivity index (χ0n) is 9.77. The van der Waals surface area contributed by atoms with Gasteiger partial charge < -0.3 is 21.7 Å². The third-order valence-corrected chi connectivity index (χ3v) is 2.01. The van der Waals surface area contributed by atoms with Gasteiger partial charge in [-0.3, -0.25) is 10.1 Å². The van der Waals surface area contributed by atoms with Gasteiger partial charge in [0.15, 0.2) is 0 Å². The van der Waals surface area contributed by atoms with Crippen LogP contribution in [-0.4, -0.2) is 36.1 Å². The highest BCUT2D eigenvalue weighted by molar-refractivity contribution is 5.71. The number of aromatic nitrogens is 1. The van der Waals surface area contributed by atoms with Crippen molar-refractivity contribution in [2.45, 2.75) is 0 Å². The highest BCUT2D eigenvalue weighted by Gasteiger charge is 2.10. The predicted octanol–water partition coefficient (Wildman–Crippen LogP) is 0.112. The standard InChI is InChI=1S/C9H14N6O3/c1-11-7-4-6(15(17)18)5-8(14-7)12-2-3-13-9(10)16/h4-5H,2-3H2,1H3,(H3,10,13,16)(H2,11,12,14). The summed E-state index contributed by atoms with van der Waals surface area (Å²) in [6.07, 6.45) is 0. The summed E-state index contributed by atoms with van der Waals surface area (Å²) < 4.78 is 0. The van der Waals surface area contributed by atoms with E-state index in [1.807, 2.05) is 0 Å². The second kappa shape index (κ2) is 6.23. The van der Waals surface area contributed by atoms with E-state index in [0.717, 1.165) is 0 Å². The minimum Gasteiger partial charge on any atom is -0.373 e. The zero-order valence-corrected chi connectivity index (χ0v) is 9.77. The van der Waals surface area contributed by atoms with Gasteiger partial charge in [-0.15, -0.1) is 0 Å². The molecule has 2 amide bonds. The molecule has 0 bridgehead atoms. The Morgan fingerprint density at radius 3 is 2.67 bits per heavy atom. The van der Waals surface area contributed by atoms with Gasteiger partial charge in [0.2, 0.25) is 0 Å². The van der Waals surface area contributed by atoms with Crippen LogP contribution in [0.4, 0.5) is 22.1 Å². The third-order valence-electron chi connectivity index (χ3n) is 2.01. The first kappa shape index (κ1) is 13.5. The highest BCUT2D eigenvalue weighted by Crippen LogP contribution is 2.19. The van der Waals surface area contributed by atoms with Crippen molar-refractivity contribution in [1.29, 1.82) is 0 Å². The van der Waals surface area contributed by atoms with Gasteiger partial charge in [0, 0.05) is 20.1 Å². The van der Waals surface area contributed by atoms with E-state index in [2.05, 4.69) is 20.9 Å². The van der Waals surface area contributed by atoms with Crippen LogP contribution in [0.5, 0.6) is 0 Å². The fraction of sp³-hybridized carbons (Fsp3) is 0.333. The Morgan fingerprint density at radius 2 is 2.11 bits per heavy atom. The number of carbonyl (C=O) groups is 1. The second-order valence-corrected chi connectivity index (χ2v) is 3.32. The van der Waals surface area contributed by atoms with E-state index >= 15 is 0 Å². The molecule has 18 heavy (non-hydrogen) atoms. The number of nitrogens with one attached hydrogen (secondary N) is 3. The summed E-state index contributed by atoms with van der Waals surface area (Å²) in [5, 5.41) is 18.6. The van der Waals surface area contributed by atoms with Crippen LogP contribution in [0.1, 0.15) is 0 Å². The van der Waals surface area contributed by atoms with Crippen LogP contribution in [-0.2, 0) is 0 Å². The number of amides is 2. The lowest BCUT2D eigenvalue weighted by molar-refractivity contribution is -0.384. The largest absolute Gasteiger partial charge is 0.373 e. The first-order valence-corrected chi connectivity index (χ1v) is 5.14. The summed E-state index contributed by atoms with van der Waals surface area (Å²) in [4.78, 5) is 24.7. The monoisotopic (exact) mass is 254 g/mol. The Hall–Kier alpha value is -2.58. The molecule has 0 radical (unpaired) electrons. The molecule has 0 aromatic carbocycles. The van der Waals surface area contributed by atoms with E-state index in [1.165, 1.54) is 12.1 Å². The van der Waals surface area contributed by atoms with Gasteiger partial charge in [0.05, 0.1) is 17.1 Å². The molecule has 0 fully saturated rings. The molecule has 1 aromatic heterocycles. The minimum absolute atomic E-state index is 0.0697. The molecule has 9 heteroatoms. The summed E-state index contributed by atoms with van der Waals surface area (Å²) >= 11 is 0. The van der Waals surface area contributed by atoms with Crippen LogP contribution in [0.25, 0.3) is 0 Å². The third kappa shape index (κ3) is 4.12. The average molecular weight is 254 g/mol. The Balaban J connectivity index is 2.66. The number of pyridine rings is 1. The summed E-state index contributed by atoms with van der Waals surface area (Å²) in [5.41, 5.74) is 4.82. The Kier molecular flexibility index (Phi) is 4.67. The topological polar surface area (TPSA) is 135 Å². The van der Waals surface area contributed by atoms with Crippen LogP contribution in [0.15, 0.2) is 12.1 Å². The molecular weight excluding hydrogens is 240 g/mol. The molecule has 1 heterocycles. The van der Waals surface area contributed by atoms with E-state index in [9.17, 15) is 14.9 Å². The van der Waals surface area contributed by atoms with Gasteiger partial charge in [0.25, 0.3) is 5.69 Å². The summed E-state index contributed by atoms with van der Waals surface area (Å²) in [6.45, 7) is 0.662. The zero-order chi connectivity index (χ0) is 13.5.